The smallest absolute Gasteiger partial charge is 0.00631 e. The van der Waals surface area contributed by atoms with Crippen LogP contribution in [-0.2, 0) is 0 Å². The zero-order valence-corrected chi connectivity index (χ0v) is 7.84. The lowest BCUT2D eigenvalue weighted by atomic mass is 10.1. The number of unbranched alkanes of at least 4 members (excludes halogenated alkanes) is 1. The molecule has 0 spiro atoms. The van der Waals surface area contributed by atoms with E-state index in [0.29, 0.717) is 6.04 Å². The van der Waals surface area contributed by atoms with Crippen molar-refractivity contribution in [3.63, 3.8) is 0 Å². The van der Waals surface area contributed by atoms with Crippen LogP contribution in [0.25, 0.3) is 0 Å². The molecule has 1 saturated heterocycles. The molecule has 2 nitrogen and oxygen atoms in total. The van der Waals surface area contributed by atoms with Crippen molar-refractivity contribution in [3.8, 4) is 0 Å². The molecule has 1 fully saturated rings. The SMILES string of the molecule is C=CCCCN1CCC(N)CC1. The standard InChI is InChI=1S/C10H20N2/c1-2-3-4-7-12-8-5-10(11)6-9-12/h2,10H,1,3-9,11H2. The van der Waals surface area contributed by atoms with Gasteiger partial charge in [-0.15, -0.1) is 6.58 Å². The molecule has 0 amide bonds. The zero-order valence-electron chi connectivity index (χ0n) is 7.84. The van der Waals surface area contributed by atoms with E-state index in [1.54, 1.807) is 0 Å². The van der Waals surface area contributed by atoms with E-state index in [1.165, 1.54) is 38.9 Å². The molecule has 0 aromatic carbocycles. The van der Waals surface area contributed by atoms with Gasteiger partial charge in [0.15, 0.2) is 0 Å². The number of piperidine rings is 1. The van der Waals surface area contributed by atoms with E-state index in [0.717, 1.165) is 6.42 Å². The lowest BCUT2D eigenvalue weighted by molar-refractivity contribution is 0.211. The summed E-state index contributed by atoms with van der Waals surface area (Å²) in [7, 11) is 0. The lowest BCUT2D eigenvalue weighted by Crippen LogP contribution is -2.39. The molecule has 0 bridgehead atoms. The van der Waals surface area contributed by atoms with E-state index < -0.39 is 0 Å². The van der Waals surface area contributed by atoms with Gasteiger partial charge in [-0.25, -0.2) is 0 Å². The molecular formula is C10H20N2. The summed E-state index contributed by atoms with van der Waals surface area (Å²) in [6.07, 6.45) is 6.74. The number of allylic oxidation sites excluding steroid dienone is 1. The molecule has 0 aromatic heterocycles. The van der Waals surface area contributed by atoms with Crippen molar-refractivity contribution >= 4 is 0 Å². The van der Waals surface area contributed by atoms with Crippen LogP contribution in [0.3, 0.4) is 0 Å². The molecule has 1 aliphatic rings. The molecule has 0 atom stereocenters. The molecule has 0 aliphatic carbocycles. The molecule has 1 rings (SSSR count). The van der Waals surface area contributed by atoms with Crippen LogP contribution in [0, 0.1) is 0 Å². The van der Waals surface area contributed by atoms with Gasteiger partial charge >= 0.3 is 0 Å². The Balaban J connectivity index is 2.05. The fraction of sp³-hybridized carbons (Fsp3) is 0.800. The van der Waals surface area contributed by atoms with Crippen LogP contribution in [-0.4, -0.2) is 30.6 Å². The summed E-state index contributed by atoms with van der Waals surface area (Å²) in [5.74, 6) is 0. The quantitative estimate of drug-likeness (QED) is 0.507. The number of nitrogens with two attached hydrogens (primary N) is 1. The number of hydrogen-bond acceptors (Lipinski definition) is 2. The molecule has 0 radical (unpaired) electrons. The Morgan fingerprint density at radius 1 is 1.42 bits per heavy atom. The van der Waals surface area contributed by atoms with Gasteiger partial charge in [-0.1, -0.05) is 6.08 Å². The maximum atomic E-state index is 5.81. The summed E-state index contributed by atoms with van der Waals surface area (Å²) in [5, 5.41) is 0. The summed E-state index contributed by atoms with van der Waals surface area (Å²) in [4.78, 5) is 2.51. The van der Waals surface area contributed by atoms with Gasteiger partial charge in [0.1, 0.15) is 0 Å². The summed E-state index contributed by atoms with van der Waals surface area (Å²) in [5.41, 5.74) is 5.81. The third-order valence-corrected chi connectivity index (χ3v) is 2.51. The first-order valence-electron chi connectivity index (χ1n) is 4.92. The summed E-state index contributed by atoms with van der Waals surface area (Å²) in [6, 6.07) is 0.459. The van der Waals surface area contributed by atoms with Gasteiger partial charge < -0.3 is 10.6 Å². The van der Waals surface area contributed by atoms with Crippen LogP contribution in [0.15, 0.2) is 12.7 Å². The Bertz CT molecular complexity index is 126. The first-order valence-corrected chi connectivity index (χ1v) is 4.92. The van der Waals surface area contributed by atoms with Crippen LogP contribution in [0.5, 0.6) is 0 Å². The van der Waals surface area contributed by atoms with Crippen molar-refractivity contribution in [2.75, 3.05) is 19.6 Å². The molecule has 1 heterocycles. The highest BCUT2D eigenvalue weighted by Gasteiger charge is 2.14. The predicted octanol–water partition coefficient (Wildman–Crippen LogP) is 1.38. The van der Waals surface area contributed by atoms with Crippen LogP contribution < -0.4 is 5.73 Å². The first-order chi connectivity index (χ1) is 5.83. The predicted molar refractivity (Wildman–Crippen MR) is 53.1 cm³/mol. The monoisotopic (exact) mass is 168 g/mol. The van der Waals surface area contributed by atoms with E-state index >= 15 is 0 Å². The van der Waals surface area contributed by atoms with Gasteiger partial charge in [0.2, 0.25) is 0 Å². The number of likely N-dealkylation sites (tertiary alicyclic amines) is 1. The maximum absolute atomic E-state index is 5.81. The van der Waals surface area contributed by atoms with Gasteiger partial charge in [-0.3, -0.25) is 0 Å². The average Bonchev–Trinajstić information content (AvgIpc) is 2.09. The minimum Gasteiger partial charge on any atom is -0.328 e. The van der Waals surface area contributed by atoms with Crippen molar-refractivity contribution in [2.45, 2.75) is 31.7 Å². The molecule has 0 unspecified atom stereocenters. The molecule has 0 saturated carbocycles. The Kier molecular flexibility index (Phi) is 4.33. The van der Waals surface area contributed by atoms with E-state index in [9.17, 15) is 0 Å². The van der Waals surface area contributed by atoms with E-state index in [2.05, 4.69) is 11.5 Å². The Morgan fingerprint density at radius 3 is 2.67 bits per heavy atom. The highest BCUT2D eigenvalue weighted by molar-refractivity contribution is 4.75. The highest BCUT2D eigenvalue weighted by Crippen LogP contribution is 2.08. The van der Waals surface area contributed by atoms with E-state index in [1.807, 2.05) is 6.08 Å². The maximum Gasteiger partial charge on any atom is 0.00631 e. The Hall–Kier alpha value is -0.340. The molecule has 0 aromatic rings. The van der Waals surface area contributed by atoms with Crippen LogP contribution in [0.2, 0.25) is 0 Å². The summed E-state index contributed by atoms with van der Waals surface area (Å²) >= 11 is 0. The molecular weight excluding hydrogens is 148 g/mol. The fourth-order valence-electron chi connectivity index (χ4n) is 1.64. The van der Waals surface area contributed by atoms with E-state index in [-0.39, 0.29) is 0 Å². The van der Waals surface area contributed by atoms with Crippen LogP contribution in [0.1, 0.15) is 25.7 Å². The number of nitrogens with zero attached hydrogens (tertiary/aromatic N) is 1. The van der Waals surface area contributed by atoms with Crippen molar-refractivity contribution in [2.24, 2.45) is 5.73 Å². The fourth-order valence-corrected chi connectivity index (χ4v) is 1.64. The third-order valence-electron chi connectivity index (χ3n) is 2.51. The van der Waals surface area contributed by atoms with Gasteiger partial charge in [0.05, 0.1) is 0 Å². The second-order valence-electron chi connectivity index (χ2n) is 3.61. The minimum atomic E-state index is 0.459. The van der Waals surface area contributed by atoms with Crippen LogP contribution >= 0.6 is 0 Å². The Labute approximate surface area is 75.4 Å². The molecule has 70 valence electrons. The second kappa shape index (κ2) is 5.33. The first kappa shape index (κ1) is 9.75. The normalized spacial score (nSPS) is 21.1. The van der Waals surface area contributed by atoms with Gasteiger partial charge in [-0.05, 0) is 45.3 Å². The topological polar surface area (TPSA) is 29.3 Å². The van der Waals surface area contributed by atoms with Gasteiger partial charge in [0.25, 0.3) is 0 Å². The molecule has 12 heavy (non-hydrogen) atoms. The highest BCUT2D eigenvalue weighted by atomic mass is 15.1. The van der Waals surface area contributed by atoms with Gasteiger partial charge in [0, 0.05) is 6.04 Å². The average molecular weight is 168 g/mol. The lowest BCUT2D eigenvalue weighted by Gasteiger charge is -2.29. The van der Waals surface area contributed by atoms with Crippen molar-refractivity contribution in [1.29, 1.82) is 0 Å². The molecule has 2 N–H and O–H groups in total. The second-order valence-corrected chi connectivity index (χ2v) is 3.61. The minimum absolute atomic E-state index is 0.459. The van der Waals surface area contributed by atoms with Crippen LogP contribution in [0.4, 0.5) is 0 Å². The molecule has 1 aliphatic heterocycles. The van der Waals surface area contributed by atoms with Crippen molar-refractivity contribution in [3.05, 3.63) is 12.7 Å². The summed E-state index contributed by atoms with van der Waals surface area (Å²) in [6.45, 7) is 7.32. The zero-order chi connectivity index (χ0) is 8.81. The van der Waals surface area contributed by atoms with Gasteiger partial charge in [-0.2, -0.15) is 0 Å². The summed E-state index contributed by atoms with van der Waals surface area (Å²) < 4.78 is 0. The van der Waals surface area contributed by atoms with Crippen molar-refractivity contribution < 1.29 is 0 Å². The number of hydrogen-bond donors (Lipinski definition) is 1. The third kappa shape index (κ3) is 3.37. The Morgan fingerprint density at radius 2 is 2.08 bits per heavy atom. The largest absolute Gasteiger partial charge is 0.328 e. The van der Waals surface area contributed by atoms with Crippen molar-refractivity contribution in [1.82, 2.24) is 4.90 Å². The number of rotatable bonds is 4. The van der Waals surface area contributed by atoms with E-state index in [4.69, 9.17) is 5.73 Å². The molecule has 2 heteroatoms.